The fourth-order valence-corrected chi connectivity index (χ4v) is 2.50. The molecule has 0 atom stereocenters. The van der Waals surface area contributed by atoms with Crippen molar-refractivity contribution in [2.45, 2.75) is 6.92 Å². The van der Waals surface area contributed by atoms with Crippen LogP contribution in [-0.2, 0) is 4.79 Å². The molecule has 3 rings (SSSR count). The first-order valence-electron chi connectivity index (χ1n) is 6.09. The van der Waals surface area contributed by atoms with Gasteiger partial charge in [0.2, 0.25) is 0 Å². The number of nitrogens with zero attached hydrogens (tertiary/aromatic N) is 1. The van der Waals surface area contributed by atoms with Gasteiger partial charge in [0.1, 0.15) is 0 Å². The molecule has 0 radical (unpaired) electrons. The number of carbonyl (C=O) groups excluding carboxylic acids is 1. The fraction of sp³-hybridized carbons (Fsp3) is 0.133. The number of carbonyl (C=O) groups is 1. The van der Waals surface area contributed by atoms with E-state index in [0.29, 0.717) is 6.54 Å². The summed E-state index contributed by atoms with van der Waals surface area (Å²) in [6.45, 7) is 2.35. The van der Waals surface area contributed by atoms with Gasteiger partial charge in [-0.05, 0) is 42.8 Å². The zero-order valence-corrected chi connectivity index (χ0v) is 12.1. The number of fused-ring (bicyclic) bond motifs is 1. The van der Waals surface area contributed by atoms with Crippen LogP contribution in [0.4, 0.5) is 17.1 Å². The number of hydrogen-bond donors (Lipinski definition) is 1. The predicted octanol–water partition coefficient (Wildman–Crippen LogP) is 3.85. The molecule has 2 aromatic carbocycles. The smallest absolute Gasteiger partial charge is 0.250 e. The third-order valence-corrected chi connectivity index (χ3v) is 4.11. The van der Waals surface area contributed by atoms with Gasteiger partial charge in [0, 0.05) is 10.2 Å². The van der Waals surface area contributed by atoms with E-state index in [-0.39, 0.29) is 5.91 Å². The maximum Gasteiger partial charge on any atom is 0.250 e. The maximum atomic E-state index is 12.2. The van der Waals surface area contributed by atoms with Crippen molar-refractivity contribution in [2.24, 2.45) is 0 Å². The van der Waals surface area contributed by atoms with E-state index in [0.717, 1.165) is 27.1 Å². The molecule has 1 aliphatic heterocycles. The van der Waals surface area contributed by atoms with Crippen molar-refractivity contribution in [3.05, 3.63) is 52.5 Å². The Morgan fingerprint density at radius 3 is 2.79 bits per heavy atom. The number of para-hydroxylation sites is 2. The van der Waals surface area contributed by atoms with Crippen LogP contribution in [0.1, 0.15) is 5.56 Å². The zero-order valence-electron chi connectivity index (χ0n) is 10.5. The minimum absolute atomic E-state index is 0.0559. The minimum Gasteiger partial charge on any atom is -0.374 e. The summed E-state index contributed by atoms with van der Waals surface area (Å²) >= 11 is 3.48. The molecule has 0 aromatic heterocycles. The average Bonchev–Trinajstić information content (AvgIpc) is 2.42. The van der Waals surface area contributed by atoms with Crippen LogP contribution in [0.15, 0.2) is 46.9 Å². The molecule has 96 valence electrons. The molecule has 2 aromatic rings. The Morgan fingerprint density at radius 1 is 1.21 bits per heavy atom. The van der Waals surface area contributed by atoms with Crippen LogP contribution >= 0.6 is 15.9 Å². The lowest BCUT2D eigenvalue weighted by Crippen LogP contribution is -2.36. The topological polar surface area (TPSA) is 32.3 Å². The van der Waals surface area contributed by atoms with Crippen LogP contribution in [-0.4, -0.2) is 12.5 Å². The maximum absolute atomic E-state index is 12.2. The molecule has 1 heterocycles. The van der Waals surface area contributed by atoms with Gasteiger partial charge in [-0.1, -0.05) is 28.1 Å². The molecule has 1 aliphatic rings. The van der Waals surface area contributed by atoms with Crippen LogP contribution < -0.4 is 10.2 Å². The lowest BCUT2D eigenvalue weighted by atomic mass is 10.1. The monoisotopic (exact) mass is 316 g/mol. The van der Waals surface area contributed by atoms with Gasteiger partial charge in [0.25, 0.3) is 5.91 Å². The van der Waals surface area contributed by atoms with Gasteiger partial charge < -0.3 is 5.32 Å². The SMILES string of the molecule is Cc1cc(N2C(=O)CNc3ccccc32)ccc1Br. The van der Waals surface area contributed by atoms with E-state index in [1.54, 1.807) is 4.90 Å². The van der Waals surface area contributed by atoms with Crippen molar-refractivity contribution < 1.29 is 4.79 Å². The molecule has 3 nitrogen and oxygen atoms in total. The Hall–Kier alpha value is -1.81. The van der Waals surface area contributed by atoms with E-state index in [4.69, 9.17) is 0 Å². The molecule has 0 bridgehead atoms. The molecule has 0 aliphatic carbocycles. The Bertz CT molecular complexity index is 654. The fourth-order valence-electron chi connectivity index (χ4n) is 2.25. The highest BCUT2D eigenvalue weighted by atomic mass is 79.9. The first-order chi connectivity index (χ1) is 9.16. The number of anilines is 3. The number of hydrogen-bond acceptors (Lipinski definition) is 2. The summed E-state index contributed by atoms with van der Waals surface area (Å²) in [5.74, 6) is 0.0559. The second kappa shape index (κ2) is 4.70. The van der Waals surface area contributed by atoms with E-state index in [2.05, 4.69) is 21.2 Å². The van der Waals surface area contributed by atoms with Gasteiger partial charge in [0.15, 0.2) is 0 Å². The summed E-state index contributed by atoms with van der Waals surface area (Å²) < 4.78 is 1.05. The van der Waals surface area contributed by atoms with Crippen LogP contribution in [0.3, 0.4) is 0 Å². The van der Waals surface area contributed by atoms with E-state index < -0.39 is 0 Å². The standard InChI is InChI=1S/C15H13BrN2O/c1-10-8-11(6-7-12(10)16)18-14-5-3-2-4-13(14)17-9-15(18)19/h2-8,17H,9H2,1H3. The van der Waals surface area contributed by atoms with Gasteiger partial charge in [-0.2, -0.15) is 0 Å². The summed E-state index contributed by atoms with van der Waals surface area (Å²) in [4.78, 5) is 14.0. The molecular weight excluding hydrogens is 304 g/mol. The number of nitrogens with one attached hydrogen (secondary N) is 1. The Morgan fingerprint density at radius 2 is 2.00 bits per heavy atom. The summed E-state index contributed by atoms with van der Waals surface area (Å²) in [5, 5.41) is 3.14. The van der Waals surface area contributed by atoms with Gasteiger partial charge in [-0.15, -0.1) is 0 Å². The third-order valence-electron chi connectivity index (χ3n) is 3.22. The van der Waals surface area contributed by atoms with Gasteiger partial charge >= 0.3 is 0 Å². The number of halogens is 1. The van der Waals surface area contributed by atoms with Gasteiger partial charge in [0.05, 0.1) is 17.9 Å². The summed E-state index contributed by atoms with van der Waals surface area (Å²) in [5.41, 5.74) is 3.91. The Kier molecular flexibility index (Phi) is 3.03. The van der Waals surface area contributed by atoms with Crippen LogP contribution in [0, 0.1) is 6.92 Å². The zero-order chi connectivity index (χ0) is 13.4. The molecule has 0 spiro atoms. The van der Waals surface area contributed by atoms with Crippen molar-refractivity contribution in [3.63, 3.8) is 0 Å². The van der Waals surface area contributed by atoms with Crippen molar-refractivity contribution in [2.75, 3.05) is 16.8 Å². The normalized spacial score (nSPS) is 14.0. The van der Waals surface area contributed by atoms with Crippen LogP contribution in [0.25, 0.3) is 0 Å². The number of amides is 1. The van der Waals surface area contributed by atoms with E-state index in [1.807, 2.05) is 49.4 Å². The molecule has 0 unspecified atom stereocenters. The first kappa shape index (κ1) is 12.2. The van der Waals surface area contributed by atoms with Crippen molar-refractivity contribution in [1.29, 1.82) is 0 Å². The highest BCUT2D eigenvalue weighted by Crippen LogP contribution is 2.36. The molecular formula is C15H13BrN2O. The number of aryl methyl sites for hydroxylation is 1. The minimum atomic E-state index is 0.0559. The van der Waals surface area contributed by atoms with Crippen LogP contribution in [0.5, 0.6) is 0 Å². The molecule has 19 heavy (non-hydrogen) atoms. The lowest BCUT2D eigenvalue weighted by molar-refractivity contribution is -0.116. The second-order valence-corrected chi connectivity index (χ2v) is 5.39. The highest BCUT2D eigenvalue weighted by molar-refractivity contribution is 9.10. The highest BCUT2D eigenvalue weighted by Gasteiger charge is 2.24. The molecule has 0 saturated heterocycles. The molecule has 0 saturated carbocycles. The summed E-state index contributed by atoms with van der Waals surface area (Å²) in [6, 6.07) is 13.8. The van der Waals surface area contributed by atoms with Crippen molar-refractivity contribution >= 4 is 38.9 Å². The number of benzene rings is 2. The first-order valence-corrected chi connectivity index (χ1v) is 6.88. The van der Waals surface area contributed by atoms with E-state index in [1.165, 1.54) is 0 Å². The largest absolute Gasteiger partial charge is 0.374 e. The van der Waals surface area contributed by atoms with Gasteiger partial charge in [-0.25, -0.2) is 0 Å². The Labute approximate surface area is 120 Å². The molecule has 0 fully saturated rings. The van der Waals surface area contributed by atoms with E-state index in [9.17, 15) is 4.79 Å². The van der Waals surface area contributed by atoms with Gasteiger partial charge in [-0.3, -0.25) is 9.69 Å². The molecule has 1 N–H and O–H groups in total. The quantitative estimate of drug-likeness (QED) is 0.866. The Balaban J connectivity index is 2.13. The third kappa shape index (κ3) is 2.12. The van der Waals surface area contributed by atoms with Crippen LogP contribution in [0.2, 0.25) is 0 Å². The predicted molar refractivity (Wildman–Crippen MR) is 81.0 cm³/mol. The summed E-state index contributed by atoms with van der Waals surface area (Å²) in [6.07, 6.45) is 0. The summed E-state index contributed by atoms with van der Waals surface area (Å²) in [7, 11) is 0. The molecule has 1 amide bonds. The van der Waals surface area contributed by atoms with E-state index >= 15 is 0 Å². The van der Waals surface area contributed by atoms with Crippen molar-refractivity contribution in [1.82, 2.24) is 0 Å². The lowest BCUT2D eigenvalue weighted by Gasteiger charge is -2.30. The molecule has 4 heteroatoms. The average molecular weight is 317 g/mol. The second-order valence-electron chi connectivity index (χ2n) is 4.53. The number of rotatable bonds is 1. The van der Waals surface area contributed by atoms with Crippen molar-refractivity contribution in [3.8, 4) is 0 Å².